The molecule has 0 N–H and O–H groups in total. The molecule has 0 fully saturated rings. The van der Waals surface area contributed by atoms with Crippen LogP contribution in [0.3, 0.4) is 0 Å². The van der Waals surface area contributed by atoms with Crippen molar-refractivity contribution in [1.82, 2.24) is 0 Å². The highest BCUT2D eigenvalue weighted by molar-refractivity contribution is 5.71. The number of esters is 3. The third kappa shape index (κ3) is 47.6. The minimum absolute atomic E-state index is 0.0888. The molecule has 6 nitrogen and oxygen atoms in total. The van der Waals surface area contributed by atoms with Crippen molar-refractivity contribution in [3.8, 4) is 0 Å². The fourth-order valence-corrected chi connectivity index (χ4v) is 6.79. The lowest BCUT2D eigenvalue weighted by atomic mass is 10.1. The highest BCUT2D eigenvalue weighted by atomic mass is 16.6. The molecule has 0 aliphatic rings. The van der Waals surface area contributed by atoms with E-state index in [-0.39, 0.29) is 31.1 Å². The fourth-order valence-electron chi connectivity index (χ4n) is 6.79. The average Bonchev–Trinajstić information content (AvgIpc) is 3.27. The Morgan fingerprint density at radius 3 is 1.00 bits per heavy atom. The van der Waals surface area contributed by atoms with Gasteiger partial charge in [0.15, 0.2) is 6.10 Å². The quantitative estimate of drug-likeness (QED) is 0.0263. The van der Waals surface area contributed by atoms with E-state index in [2.05, 4.69) is 106 Å². The van der Waals surface area contributed by atoms with Crippen molar-refractivity contribution in [2.24, 2.45) is 0 Å². The van der Waals surface area contributed by atoms with E-state index in [0.29, 0.717) is 19.3 Å². The Morgan fingerprint density at radius 2 is 0.629 bits per heavy atom. The van der Waals surface area contributed by atoms with Crippen molar-refractivity contribution < 1.29 is 28.6 Å². The Balaban J connectivity index is 4.33. The summed E-state index contributed by atoms with van der Waals surface area (Å²) in [4.78, 5) is 37.8. The van der Waals surface area contributed by atoms with E-state index in [1.54, 1.807) is 0 Å². The Bertz CT molecular complexity index is 1220. The summed E-state index contributed by atoms with van der Waals surface area (Å²) in [5.74, 6) is -0.931. The summed E-state index contributed by atoms with van der Waals surface area (Å²) in [7, 11) is 0. The summed E-state index contributed by atoms with van der Waals surface area (Å²) in [6.07, 6.45) is 64.3. The van der Waals surface area contributed by atoms with Gasteiger partial charge in [0.1, 0.15) is 13.2 Å². The van der Waals surface area contributed by atoms with Crippen molar-refractivity contribution in [1.29, 1.82) is 0 Å². The van der Waals surface area contributed by atoms with Gasteiger partial charge in [-0.1, -0.05) is 202 Å². The monoisotopic (exact) mass is 863 g/mol. The number of unbranched alkanes of at least 4 members (excludes halogenated alkanes) is 20. The number of carbonyl (C=O) groups is 3. The Hall–Kier alpha value is -3.41. The number of hydrogen-bond acceptors (Lipinski definition) is 6. The van der Waals surface area contributed by atoms with Gasteiger partial charge in [-0.3, -0.25) is 14.4 Å². The minimum atomic E-state index is -0.789. The second-order valence-corrected chi connectivity index (χ2v) is 16.7. The van der Waals surface area contributed by atoms with Gasteiger partial charge in [-0.2, -0.15) is 0 Å². The summed E-state index contributed by atoms with van der Waals surface area (Å²) in [6, 6.07) is 0. The van der Waals surface area contributed by atoms with E-state index in [4.69, 9.17) is 14.2 Å². The highest BCUT2D eigenvalue weighted by Gasteiger charge is 2.19. The lowest BCUT2D eigenvalue weighted by molar-refractivity contribution is -0.167. The van der Waals surface area contributed by atoms with Crippen molar-refractivity contribution >= 4 is 17.9 Å². The number of allylic oxidation sites excluding steroid dienone is 14. The van der Waals surface area contributed by atoms with Crippen molar-refractivity contribution in [3.63, 3.8) is 0 Å². The molecule has 0 saturated heterocycles. The van der Waals surface area contributed by atoms with Gasteiger partial charge in [-0.05, 0) is 96.3 Å². The lowest BCUT2D eigenvalue weighted by Crippen LogP contribution is -2.30. The zero-order valence-corrected chi connectivity index (χ0v) is 40.4. The van der Waals surface area contributed by atoms with E-state index in [1.807, 2.05) is 0 Å². The molecule has 1 atom stereocenters. The van der Waals surface area contributed by atoms with Crippen LogP contribution < -0.4 is 0 Å². The molecule has 0 amide bonds. The first kappa shape index (κ1) is 58.6. The second-order valence-electron chi connectivity index (χ2n) is 16.7. The molecule has 0 aromatic rings. The fraction of sp³-hybridized carbons (Fsp3) is 0.696. The molecule has 0 aromatic heterocycles. The zero-order chi connectivity index (χ0) is 45.1. The van der Waals surface area contributed by atoms with Gasteiger partial charge in [0.25, 0.3) is 0 Å². The first-order valence-electron chi connectivity index (χ1n) is 25.6. The molecule has 62 heavy (non-hydrogen) atoms. The van der Waals surface area contributed by atoms with Gasteiger partial charge in [0, 0.05) is 19.3 Å². The molecule has 0 aliphatic heterocycles. The van der Waals surface area contributed by atoms with Crippen LogP contribution in [-0.4, -0.2) is 37.2 Å². The van der Waals surface area contributed by atoms with Gasteiger partial charge >= 0.3 is 17.9 Å². The molecule has 0 radical (unpaired) electrons. The Kier molecular flexibility index (Phi) is 47.5. The average molecular weight is 863 g/mol. The molecule has 0 rings (SSSR count). The van der Waals surface area contributed by atoms with Gasteiger partial charge in [0.05, 0.1) is 0 Å². The van der Waals surface area contributed by atoms with E-state index < -0.39 is 6.10 Å². The van der Waals surface area contributed by atoms with Crippen LogP contribution in [-0.2, 0) is 28.6 Å². The zero-order valence-electron chi connectivity index (χ0n) is 40.4. The van der Waals surface area contributed by atoms with E-state index >= 15 is 0 Å². The molecule has 0 saturated carbocycles. The van der Waals surface area contributed by atoms with Crippen molar-refractivity contribution in [2.75, 3.05) is 13.2 Å². The second kappa shape index (κ2) is 50.2. The smallest absolute Gasteiger partial charge is 0.306 e. The molecular weight excluding hydrogens is 769 g/mol. The van der Waals surface area contributed by atoms with Crippen LogP contribution in [0.5, 0.6) is 0 Å². The van der Waals surface area contributed by atoms with Crippen LogP contribution in [0, 0.1) is 0 Å². The maximum absolute atomic E-state index is 12.8. The number of rotatable bonds is 45. The third-order valence-corrected chi connectivity index (χ3v) is 10.6. The van der Waals surface area contributed by atoms with Crippen LogP contribution in [0.1, 0.15) is 233 Å². The molecular formula is C56H94O6. The van der Waals surface area contributed by atoms with Crippen molar-refractivity contribution in [2.45, 2.75) is 239 Å². The van der Waals surface area contributed by atoms with Gasteiger partial charge in [0.2, 0.25) is 0 Å². The van der Waals surface area contributed by atoms with E-state index in [1.165, 1.54) is 57.8 Å². The number of ether oxygens (including phenoxy) is 3. The first-order chi connectivity index (χ1) is 30.5. The number of hydrogen-bond donors (Lipinski definition) is 0. The summed E-state index contributed by atoms with van der Waals surface area (Å²) in [6.45, 7) is 6.43. The molecule has 0 spiro atoms. The standard InChI is InChI=1S/C56H94O6/c1-4-7-10-13-16-18-20-22-24-26-27-28-29-30-32-33-35-37-40-43-46-49-55(58)61-52-53(51-60-54(57)48-45-42-39-15-12-9-6-3)62-56(59)50-47-44-41-38-36-34-31-25-23-21-19-17-14-11-8-5-2/h7,10,16,18-19,21-22,24-25,27-28,30-32,53H,4-6,8-9,11-15,17,20,23,26,29,33-52H2,1-3H3/b10-7-,18-16-,21-19-,24-22-,28-27-,31-25-,32-30-. The summed E-state index contributed by atoms with van der Waals surface area (Å²) < 4.78 is 16.7. The third-order valence-electron chi connectivity index (χ3n) is 10.6. The summed E-state index contributed by atoms with van der Waals surface area (Å²) >= 11 is 0. The molecule has 0 bridgehead atoms. The van der Waals surface area contributed by atoms with Gasteiger partial charge < -0.3 is 14.2 Å². The van der Waals surface area contributed by atoms with Crippen LogP contribution in [0.15, 0.2) is 85.1 Å². The normalized spacial score (nSPS) is 12.8. The number of carbonyl (C=O) groups excluding carboxylic acids is 3. The van der Waals surface area contributed by atoms with Crippen LogP contribution in [0.2, 0.25) is 0 Å². The van der Waals surface area contributed by atoms with Gasteiger partial charge in [-0.15, -0.1) is 0 Å². The van der Waals surface area contributed by atoms with Crippen molar-refractivity contribution in [3.05, 3.63) is 85.1 Å². The minimum Gasteiger partial charge on any atom is -0.462 e. The molecule has 0 heterocycles. The van der Waals surface area contributed by atoms with Gasteiger partial charge in [-0.25, -0.2) is 0 Å². The molecule has 0 aliphatic carbocycles. The highest BCUT2D eigenvalue weighted by Crippen LogP contribution is 2.13. The molecule has 6 heteroatoms. The van der Waals surface area contributed by atoms with E-state index in [9.17, 15) is 14.4 Å². The maximum Gasteiger partial charge on any atom is 0.306 e. The van der Waals surface area contributed by atoms with Crippen LogP contribution in [0.25, 0.3) is 0 Å². The Morgan fingerprint density at radius 1 is 0.339 bits per heavy atom. The van der Waals surface area contributed by atoms with Crippen LogP contribution >= 0.6 is 0 Å². The molecule has 354 valence electrons. The largest absolute Gasteiger partial charge is 0.462 e. The lowest BCUT2D eigenvalue weighted by Gasteiger charge is -2.18. The Labute approximate surface area is 382 Å². The molecule has 0 aromatic carbocycles. The predicted molar refractivity (Wildman–Crippen MR) is 265 cm³/mol. The predicted octanol–water partition coefficient (Wildman–Crippen LogP) is 16.8. The first-order valence-corrected chi connectivity index (χ1v) is 25.6. The summed E-state index contributed by atoms with van der Waals surface area (Å²) in [5, 5.41) is 0. The van der Waals surface area contributed by atoms with Crippen LogP contribution in [0.4, 0.5) is 0 Å². The topological polar surface area (TPSA) is 78.9 Å². The SMILES string of the molecule is CC/C=C\C/C=C\C/C=C\C/C=C\C/C=C\CCCCCCCC(=O)OCC(COC(=O)CCCCCCCCC)OC(=O)CCCCCCC/C=C\C/C=C\CCCCCC. The summed E-state index contributed by atoms with van der Waals surface area (Å²) in [5.41, 5.74) is 0. The maximum atomic E-state index is 12.8. The molecule has 1 unspecified atom stereocenters. The van der Waals surface area contributed by atoms with E-state index in [0.717, 1.165) is 135 Å².